The number of carbonyl (C=O) groups is 2. The summed E-state index contributed by atoms with van der Waals surface area (Å²) in [5.74, 6) is 1.31. The zero-order valence-electron chi connectivity index (χ0n) is 20.3. The van der Waals surface area contributed by atoms with E-state index in [1.165, 1.54) is 4.90 Å². The first-order valence-corrected chi connectivity index (χ1v) is 11.4. The van der Waals surface area contributed by atoms with Crippen molar-refractivity contribution in [3.8, 4) is 0 Å². The second-order valence-corrected chi connectivity index (χ2v) is 8.36. The van der Waals surface area contributed by atoms with Crippen LogP contribution in [-0.2, 0) is 22.6 Å². The zero-order chi connectivity index (χ0) is 24.5. The highest BCUT2D eigenvalue weighted by Crippen LogP contribution is 2.20. The highest BCUT2D eigenvalue weighted by atomic mass is 16.5. The number of nitrogens with zero attached hydrogens (tertiary/aromatic N) is 2. The minimum absolute atomic E-state index is 0.0767. The highest BCUT2D eigenvalue weighted by Gasteiger charge is 2.23. The molecule has 3 rings (SSSR count). The van der Waals surface area contributed by atoms with Crippen molar-refractivity contribution in [3.05, 3.63) is 88.9 Å². The molecular weight excluding hydrogens is 430 g/mol. The van der Waals surface area contributed by atoms with Crippen molar-refractivity contribution in [3.63, 3.8) is 0 Å². The molecule has 0 unspecified atom stereocenters. The average molecular weight is 464 g/mol. The van der Waals surface area contributed by atoms with Crippen LogP contribution in [0.25, 0.3) is 0 Å². The molecule has 3 aromatic rings. The smallest absolute Gasteiger partial charge is 0.322 e. The average Bonchev–Trinajstić information content (AvgIpc) is 3.23. The summed E-state index contributed by atoms with van der Waals surface area (Å²) in [6, 6.07) is 19.0. The van der Waals surface area contributed by atoms with Crippen molar-refractivity contribution in [2.75, 3.05) is 32.1 Å². The SMILES string of the molecule is COCCN(CC(=O)N(Cc1ccccc1)Cc1ccc(C)o1)C(=O)Nc1c(C)cccc1C. The third-order valence-corrected chi connectivity index (χ3v) is 5.60. The number of urea groups is 1. The molecule has 2 aromatic carbocycles. The first-order chi connectivity index (χ1) is 16.4. The van der Waals surface area contributed by atoms with Gasteiger partial charge in [-0.15, -0.1) is 0 Å². The second kappa shape index (κ2) is 12.0. The van der Waals surface area contributed by atoms with Gasteiger partial charge < -0.3 is 24.3 Å². The van der Waals surface area contributed by atoms with Crippen LogP contribution in [0.3, 0.4) is 0 Å². The van der Waals surface area contributed by atoms with Gasteiger partial charge in [0, 0.05) is 25.9 Å². The van der Waals surface area contributed by atoms with Crippen LogP contribution in [0.1, 0.15) is 28.2 Å². The first-order valence-electron chi connectivity index (χ1n) is 11.4. The second-order valence-electron chi connectivity index (χ2n) is 8.36. The molecule has 0 radical (unpaired) electrons. The Labute approximate surface area is 201 Å². The van der Waals surface area contributed by atoms with Gasteiger partial charge in [0.15, 0.2) is 0 Å². The molecule has 0 fully saturated rings. The van der Waals surface area contributed by atoms with Crippen LogP contribution in [-0.4, -0.2) is 48.5 Å². The molecule has 0 aliphatic carbocycles. The molecule has 0 spiro atoms. The lowest BCUT2D eigenvalue weighted by atomic mass is 10.1. The number of methoxy groups -OCH3 is 1. The molecule has 0 aliphatic heterocycles. The van der Waals surface area contributed by atoms with Crippen LogP contribution < -0.4 is 5.32 Å². The lowest BCUT2D eigenvalue weighted by Gasteiger charge is -2.28. The Hall–Kier alpha value is -3.58. The van der Waals surface area contributed by atoms with Gasteiger partial charge in [-0.1, -0.05) is 48.5 Å². The third-order valence-electron chi connectivity index (χ3n) is 5.60. The Morgan fingerprint density at radius 3 is 2.21 bits per heavy atom. The summed E-state index contributed by atoms with van der Waals surface area (Å²) in [5, 5.41) is 2.98. The van der Waals surface area contributed by atoms with E-state index in [2.05, 4.69) is 5.32 Å². The molecule has 180 valence electrons. The number of furan rings is 1. The van der Waals surface area contributed by atoms with E-state index in [1.807, 2.05) is 81.4 Å². The van der Waals surface area contributed by atoms with Gasteiger partial charge in [0.25, 0.3) is 0 Å². The maximum Gasteiger partial charge on any atom is 0.322 e. The van der Waals surface area contributed by atoms with Crippen molar-refractivity contribution >= 4 is 17.6 Å². The van der Waals surface area contributed by atoms with Crippen LogP contribution in [0.5, 0.6) is 0 Å². The Morgan fingerprint density at radius 2 is 1.59 bits per heavy atom. The van der Waals surface area contributed by atoms with E-state index in [0.717, 1.165) is 28.1 Å². The van der Waals surface area contributed by atoms with Crippen molar-refractivity contribution in [2.45, 2.75) is 33.9 Å². The van der Waals surface area contributed by atoms with Gasteiger partial charge in [-0.05, 0) is 49.6 Å². The number of hydrogen-bond acceptors (Lipinski definition) is 4. The van der Waals surface area contributed by atoms with Crippen molar-refractivity contribution in [1.29, 1.82) is 0 Å². The molecule has 0 saturated carbocycles. The summed E-state index contributed by atoms with van der Waals surface area (Å²) < 4.78 is 10.9. The van der Waals surface area contributed by atoms with Gasteiger partial charge in [0.2, 0.25) is 5.91 Å². The Morgan fingerprint density at radius 1 is 0.882 bits per heavy atom. The first kappa shape index (κ1) is 25.1. The van der Waals surface area contributed by atoms with Crippen molar-refractivity contribution < 1.29 is 18.7 Å². The third kappa shape index (κ3) is 6.96. The van der Waals surface area contributed by atoms with E-state index in [-0.39, 0.29) is 25.0 Å². The largest absolute Gasteiger partial charge is 0.464 e. The summed E-state index contributed by atoms with van der Waals surface area (Å²) in [7, 11) is 1.57. The molecule has 0 aliphatic rings. The molecule has 0 saturated heterocycles. The predicted octanol–water partition coefficient (Wildman–Crippen LogP) is 4.91. The highest BCUT2D eigenvalue weighted by molar-refractivity contribution is 5.93. The summed E-state index contributed by atoms with van der Waals surface area (Å²) >= 11 is 0. The van der Waals surface area contributed by atoms with Crippen molar-refractivity contribution in [1.82, 2.24) is 9.80 Å². The van der Waals surface area contributed by atoms with Gasteiger partial charge in [-0.3, -0.25) is 4.79 Å². The number of aryl methyl sites for hydroxylation is 3. The van der Waals surface area contributed by atoms with Gasteiger partial charge in [-0.2, -0.15) is 0 Å². The minimum atomic E-state index is -0.337. The maximum absolute atomic E-state index is 13.4. The van der Waals surface area contributed by atoms with E-state index in [1.54, 1.807) is 12.0 Å². The lowest BCUT2D eigenvalue weighted by Crippen LogP contribution is -2.45. The van der Waals surface area contributed by atoms with Crippen LogP contribution in [0.15, 0.2) is 65.1 Å². The van der Waals surface area contributed by atoms with Gasteiger partial charge in [0.1, 0.15) is 18.1 Å². The summed E-state index contributed by atoms with van der Waals surface area (Å²) in [6.45, 7) is 7.03. The quantitative estimate of drug-likeness (QED) is 0.463. The molecule has 3 amide bonds. The number of hydrogen-bond donors (Lipinski definition) is 1. The predicted molar refractivity (Wildman–Crippen MR) is 133 cm³/mol. The van der Waals surface area contributed by atoms with E-state index in [9.17, 15) is 9.59 Å². The maximum atomic E-state index is 13.4. The van der Waals surface area contributed by atoms with E-state index < -0.39 is 0 Å². The van der Waals surface area contributed by atoms with E-state index in [4.69, 9.17) is 9.15 Å². The number of ether oxygens (including phenoxy) is 1. The molecule has 1 N–H and O–H groups in total. The molecular formula is C27H33N3O4. The molecule has 7 nitrogen and oxygen atoms in total. The fourth-order valence-corrected chi connectivity index (χ4v) is 3.71. The lowest BCUT2D eigenvalue weighted by molar-refractivity contribution is -0.133. The standard InChI is InChI=1S/C27H33N3O4/c1-20-9-8-10-21(2)26(20)28-27(32)29(15-16-33-4)19-25(31)30(17-23-11-6-5-7-12-23)18-24-14-13-22(3)34-24/h5-14H,15-19H2,1-4H3,(H,28,32). The van der Waals surface area contributed by atoms with E-state index in [0.29, 0.717) is 25.5 Å². The minimum Gasteiger partial charge on any atom is -0.464 e. The summed E-state index contributed by atoms with van der Waals surface area (Å²) in [4.78, 5) is 29.8. The fraction of sp³-hybridized carbons (Fsp3) is 0.333. The number of benzene rings is 2. The number of para-hydroxylation sites is 1. The Kier molecular flexibility index (Phi) is 8.87. The van der Waals surface area contributed by atoms with Crippen LogP contribution in [0.4, 0.5) is 10.5 Å². The van der Waals surface area contributed by atoms with Crippen molar-refractivity contribution in [2.24, 2.45) is 0 Å². The number of nitrogens with one attached hydrogen (secondary N) is 1. The normalized spacial score (nSPS) is 10.7. The molecule has 0 bridgehead atoms. The van der Waals surface area contributed by atoms with Gasteiger partial charge in [-0.25, -0.2) is 4.79 Å². The van der Waals surface area contributed by atoms with Gasteiger partial charge >= 0.3 is 6.03 Å². The van der Waals surface area contributed by atoms with E-state index >= 15 is 0 Å². The number of carbonyl (C=O) groups excluding carboxylic acids is 2. The summed E-state index contributed by atoms with van der Waals surface area (Å²) in [6.07, 6.45) is 0. The van der Waals surface area contributed by atoms with Gasteiger partial charge in [0.05, 0.1) is 13.2 Å². The monoisotopic (exact) mass is 463 g/mol. The topological polar surface area (TPSA) is 75.0 Å². The number of rotatable bonds is 10. The Balaban J connectivity index is 1.78. The molecule has 1 heterocycles. The number of amides is 3. The zero-order valence-corrected chi connectivity index (χ0v) is 20.3. The fourth-order valence-electron chi connectivity index (χ4n) is 3.71. The molecule has 34 heavy (non-hydrogen) atoms. The van der Waals surface area contributed by atoms with Crippen LogP contribution in [0.2, 0.25) is 0 Å². The molecule has 7 heteroatoms. The van der Waals surface area contributed by atoms with Crippen LogP contribution in [0, 0.1) is 20.8 Å². The Bertz CT molecular complexity index is 1070. The number of anilines is 1. The molecule has 0 atom stereocenters. The summed E-state index contributed by atoms with van der Waals surface area (Å²) in [5.41, 5.74) is 3.69. The molecule has 1 aromatic heterocycles. The van der Waals surface area contributed by atoms with Crippen LogP contribution >= 0.6 is 0 Å².